The van der Waals surface area contributed by atoms with Crippen molar-refractivity contribution >= 4 is 11.8 Å². The maximum Gasteiger partial charge on any atom is 0.416 e. The predicted molar refractivity (Wildman–Crippen MR) is 72.5 cm³/mol. The number of rotatable bonds is 3. The van der Waals surface area contributed by atoms with Crippen LogP contribution >= 0.6 is 0 Å². The van der Waals surface area contributed by atoms with Crippen LogP contribution in [-0.4, -0.2) is 24.3 Å². The number of hydrogen-bond acceptors (Lipinski definition) is 2. The lowest BCUT2D eigenvalue weighted by Crippen LogP contribution is -2.39. The van der Waals surface area contributed by atoms with Crippen LogP contribution in [0.3, 0.4) is 0 Å². The van der Waals surface area contributed by atoms with E-state index in [4.69, 9.17) is 5.11 Å². The van der Waals surface area contributed by atoms with Crippen molar-refractivity contribution in [3.8, 4) is 0 Å². The molecular weight excluding hydrogens is 285 g/mol. The molecule has 1 heterocycles. The van der Waals surface area contributed by atoms with Gasteiger partial charge in [0.25, 0.3) is 0 Å². The number of carboxylic acid groups (broad SMARTS) is 1. The molecule has 4 nitrogen and oxygen atoms in total. The highest BCUT2D eigenvalue weighted by Gasteiger charge is 2.34. The van der Waals surface area contributed by atoms with Crippen LogP contribution in [0, 0.1) is 0 Å². The Morgan fingerprint density at radius 3 is 2.76 bits per heavy atom. The molecule has 0 saturated heterocycles. The highest BCUT2D eigenvalue weighted by Crippen LogP contribution is 2.38. The van der Waals surface area contributed by atoms with Gasteiger partial charge >= 0.3 is 12.3 Å². The Bertz CT molecular complexity index is 531. The molecule has 2 N–H and O–H groups in total. The maximum atomic E-state index is 12.8. The zero-order chi connectivity index (χ0) is 15.6. The number of amides is 1. The minimum atomic E-state index is -4.43. The van der Waals surface area contributed by atoms with E-state index in [2.05, 4.69) is 5.32 Å². The first kappa shape index (κ1) is 15.6. The van der Waals surface area contributed by atoms with E-state index >= 15 is 0 Å². The predicted octanol–water partition coefficient (Wildman–Crippen LogP) is 3.63. The smallest absolute Gasteiger partial charge is 0.416 e. The molecule has 0 aromatic heterocycles. The average molecular weight is 302 g/mol. The first-order valence-corrected chi connectivity index (χ1v) is 6.79. The first-order valence-electron chi connectivity index (χ1n) is 6.79. The average Bonchev–Trinajstić information content (AvgIpc) is 2.42. The number of alkyl halides is 3. The van der Waals surface area contributed by atoms with E-state index in [0.717, 1.165) is 23.5 Å². The van der Waals surface area contributed by atoms with Crippen LogP contribution in [0.4, 0.5) is 23.7 Å². The quantitative estimate of drug-likeness (QED) is 0.896. The largest absolute Gasteiger partial charge is 0.465 e. The number of benzene rings is 1. The second-order valence-corrected chi connectivity index (χ2v) is 5.00. The summed E-state index contributed by atoms with van der Waals surface area (Å²) < 4.78 is 38.5. The maximum absolute atomic E-state index is 12.8. The van der Waals surface area contributed by atoms with E-state index in [-0.39, 0.29) is 12.6 Å². The van der Waals surface area contributed by atoms with Crippen molar-refractivity contribution in [1.82, 2.24) is 5.32 Å². The van der Waals surface area contributed by atoms with E-state index in [1.54, 1.807) is 0 Å². The molecule has 7 heteroatoms. The van der Waals surface area contributed by atoms with Gasteiger partial charge in [0.05, 0.1) is 11.3 Å². The molecular formula is C14H17F3N2O2. The zero-order valence-corrected chi connectivity index (χ0v) is 11.6. The van der Waals surface area contributed by atoms with Crippen molar-refractivity contribution in [3.05, 3.63) is 29.3 Å². The van der Waals surface area contributed by atoms with Crippen molar-refractivity contribution in [3.63, 3.8) is 0 Å². The lowest BCUT2D eigenvalue weighted by Gasteiger charge is -2.33. The minimum Gasteiger partial charge on any atom is -0.465 e. The van der Waals surface area contributed by atoms with Crippen LogP contribution in [0.25, 0.3) is 0 Å². The van der Waals surface area contributed by atoms with Crippen LogP contribution in [0.2, 0.25) is 0 Å². The van der Waals surface area contributed by atoms with Crippen molar-refractivity contribution in [2.24, 2.45) is 0 Å². The Kier molecular flexibility index (Phi) is 4.41. The summed E-state index contributed by atoms with van der Waals surface area (Å²) in [6.07, 6.45) is -4.27. The molecule has 1 amide bonds. The molecule has 0 aliphatic carbocycles. The highest BCUT2D eigenvalue weighted by atomic mass is 19.4. The number of anilines is 1. The summed E-state index contributed by atoms with van der Waals surface area (Å²) in [5.74, 6) is 0. The molecule has 2 rings (SSSR count). The fourth-order valence-corrected chi connectivity index (χ4v) is 2.52. The number of fused-ring (bicyclic) bond motifs is 1. The Hall–Kier alpha value is -1.76. The first-order chi connectivity index (χ1) is 9.84. The molecule has 0 saturated carbocycles. The number of carbonyl (C=O) groups is 1. The lowest BCUT2D eigenvalue weighted by atomic mass is 9.94. The van der Waals surface area contributed by atoms with Crippen LogP contribution in [0.1, 0.15) is 36.9 Å². The van der Waals surface area contributed by atoms with Gasteiger partial charge in [-0.15, -0.1) is 0 Å². The van der Waals surface area contributed by atoms with Gasteiger partial charge in [0.1, 0.15) is 0 Å². The standard InChI is InChI=1S/C14H17F3N2O2/c1-2-6-18-11-5-7-19(13(20)21)12-4-3-9(8-10(11)12)14(15,16)17/h3-4,8,11,18H,2,5-7H2,1H3,(H,20,21). The van der Waals surface area contributed by atoms with Gasteiger partial charge in [-0.3, -0.25) is 4.90 Å². The van der Waals surface area contributed by atoms with Gasteiger partial charge in [0.15, 0.2) is 0 Å². The fraction of sp³-hybridized carbons (Fsp3) is 0.500. The van der Waals surface area contributed by atoms with Gasteiger partial charge in [-0.25, -0.2) is 4.79 Å². The summed E-state index contributed by atoms with van der Waals surface area (Å²) in [6, 6.07) is 2.97. The summed E-state index contributed by atoms with van der Waals surface area (Å²) >= 11 is 0. The van der Waals surface area contributed by atoms with Gasteiger partial charge in [-0.2, -0.15) is 13.2 Å². The summed E-state index contributed by atoms with van der Waals surface area (Å²) in [7, 11) is 0. The van der Waals surface area contributed by atoms with E-state index in [9.17, 15) is 18.0 Å². The van der Waals surface area contributed by atoms with Crippen LogP contribution in [-0.2, 0) is 6.18 Å². The number of nitrogens with zero attached hydrogens (tertiary/aromatic N) is 1. The molecule has 1 aliphatic heterocycles. The van der Waals surface area contributed by atoms with E-state index in [1.165, 1.54) is 6.07 Å². The number of hydrogen-bond donors (Lipinski definition) is 2. The Labute approximate surface area is 120 Å². The molecule has 1 aromatic rings. The normalized spacial score (nSPS) is 18.5. The molecule has 1 aromatic carbocycles. The molecule has 116 valence electrons. The van der Waals surface area contributed by atoms with Crippen molar-refractivity contribution in [1.29, 1.82) is 0 Å². The molecule has 0 fully saturated rings. The minimum absolute atomic E-state index is 0.252. The summed E-state index contributed by atoms with van der Waals surface area (Å²) in [6.45, 7) is 2.91. The molecule has 1 aliphatic rings. The third-order valence-corrected chi connectivity index (χ3v) is 3.53. The highest BCUT2D eigenvalue weighted by molar-refractivity contribution is 5.88. The Balaban J connectivity index is 2.43. The van der Waals surface area contributed by atoms with Gasteiger partial charge in [0.2, 0.25) is 0 Å². The van der Waals surface area contributed by atoms with Crippen molar-refractivity contribution in [2.45, 2.75) is 32.0 Å². The van der Waals surface area contributed by atoms with E-state index in [1.807, 2.05) is 6.92 Å². The van der Waals surface area contributed by atoms with Gasteiger partial charge < -0.3 is 10.4 Å². The summed E-state index contributed by atoms with van der Waals surface area (Å²) in [4.78, 5) is 12.3. The third-order valence-electron chi connectivity index (χ3n) is 3.53. The molecule has 21 heavy (non-hydrogen) atoms. The van der Waals surface area contributed by atoms with Crippen LogP contribution < -0.4 is 10.2 Å². The Morgan fingerprint density at radius 1 is 1.48 bits per heavy atom. The topological polar surface area (TPSA) is 52.6 Å². The molecule has 0 bridgehead atoms. The van der Waals surface area contributed by atoms with Gasteiger partial charge in [-0.05, 0) is 43.1 Å². The van der Waals surface area contributed by atoms with E-state index in [0.29, 0.717) is 24.2 Å². The molecule has 1 atom stereocenters. The SMILES string of the molecule is CCCNC1CCN(C(=O)O)c2ccc(C(F)(F)F)cc21. The van der Waals surface area contributed by atoms with Crippen LogP contribution in [0.15, 0.2) is 18.2 Å². The Morgan fingerprint density at radius 2 is 2.19 bits per heavy atom. The van der Waals surface area contributed by atoms with Crippen LogP contribution in [0.5, 0.6) is 0 Å². The zero-order valence-electron chi connectivity index (χ0n) is 11.6. The monoisotopic (exact) mass is 302 g/mol. The molecule has 0 spiro atoms. The molecule has 0 radical (unpaired) electrons. The second-order valence-electron chi connectivity index (χ2n) is 5.00. The summed E-state index contributed by atoms with van der Waals surface area (Å²) in [5, 5.41) is 12.3. The van der Waals surface area contributed by atoms with Gasteiger partial charge in [-0.1, -0.05) is 6.92 Å². The lowest BCUT2D eigenvalue weighted by molar-refractivity contribution is -0.137. The number of halogens is 3. The van der Waals surface area contributed by atoms with Gasteiger partial charge in [0, 0.05) is 12.6 Å². The molecule has 1 unspecified atom stereocenters. The third kappa shape index (κ3) is 3.29. The van der Waals surface area contributed by atoms with Crippen molar-refractivity contribution < 1.29 is 23.1 Å². The van der Waals surface area contributed by atoms with Crippen molar-refractivity contribution in [2.75, 3.05) is 18.0 Å². The second kappa shape index (κ2) is 5.93. The number of nitrogens with one attached hydrogen (secondary N) is 1. The van der Waals surface area contributed by atoms with E-state index < -0.39 is 17.8 Å². The fourth-order valence-electron chi connectivity index (χ4n) is 2.52. The summed E-state index contributed by atoms with van der Waals surface area (Å²) in [5.41, 5.74) is -0.0286.